The predicted octanol–water partition coefficient (Wildman–Crippen LogP) is 4.49. The minimum absolute atomic E-state index is 0.265. The Morgan fingerprint density at radius 3 is 2.79 bits per heavy atom. The van der Waals surface area contributed by atoms with Crippen LogP contribution in [0.3, 0.4) is 0 Å². The second-order valence-corrected chi connectivity index (χ2v) is 6.14. The molecule has 0 amide bonds. The maximum Gasteiger partial charge on any atom is 0.151 e. The van der Waals surface area contributed by atoms with E-state index >= 15 is 0 Å². The van der Waals surface area contributed by atoms with Crippen LogP contribution in [0.25, 0.3) is 11.0 Å². The number of hydrogen-bond donors (Lipinski definition) is 0. The van der Waals surface area contributed by atoms with Gasteiger partial charge in [-0.3, -0.25) is 0 Å². The van der Waals surface area contributed by atoms with Gasteiger partial charge in [0, 0.05) is 6.54 Å². The number of halogens is 2. The Hall–Kier alpha value is -1.09. The molecule has 0 aliphatic heterocycles. The molecule has 19 heavy (non-hydrogen) atoms. The average molecular weight is 281 g/mol. The topological polar surface area (TPSA) is 17.8 Å². The van der Waals surface area contributed by atoms with E-state index in [1.165, 1.54) is 31.7 Å². The van der Waals surface area contributed by atoms with Crippen LogP contribution in [0, 0.1) is 11.2 Å². The highest BCUT2D eigenvalue weighted by Gasteiger charge is 2.30. The molecule has 2 nitrogen and oxygen atoms in total. The highest BCUT2D eigenvalue weighted by molar-refractivity contribution is 6.16. The lowest BCUT2D eigenvalue weighted by Crippen LogP contribution is -2.20. The Labute approximate surface area is 117 Å². The van der Waals surface area contributed by atoms with E-state index in [-0.39, 0.29) is 5.82 Å². The van der Waals surface area contributed by atoms with Gasteiger partial charge in [0.15, 0.2) is 5.82 Å². The van der Waals surface area contributed by atoms with Crippen LogP contribution in [0.4, 0.5) is 4.39 Å². The zero-order valence-electron chi connectivity index (χ0n) is 11.1. The molecular weight excluding hydrogens is 263 g/mol. The second-order valence-electron chi connectivity index (χ2n) is 5.87. The summed E-state index contributed by atoms with van der Waals surface area (Å²) in [6.07, 6.45) is 5.02. The quantitative estimate of drug-likeness (QED) is 0.757. The molecule has 0 unspecified atom stereocenters. The van der Waals surface area contributed by atoms with Gasteiger partial charge in [0.1, 0.15) is 11.3 Å². The highest BCUT2D eigenvalue weighted by Crippen LogP contribution is 2.40. The van der Waals surface area contributed by atoms with Crippen LogP contribution in [0.5, 0.6) is 0 Å². The van der Waals surface area contributed by atoms with Gasteiger partial charge < -0.3 is 4.57 Å². The van der Waals surface area contributed by atoms with Crippen molar-refractivity contribution in [2.75, 3.05) is 0 Å². The van der Waals surface area contributed by atoms with Crippen LogP contribution in [-0.4, -0.2) is 9.55 Å². The number of hydrogen-bond acceptors (Lipinski definition) is 1. The molecule has 1 aromatic heterocycles. The molecule has 0 N–H and O–H groups in total. The van der Waals surface area contributed by atoms with Crippen molar-refractivity contribution in [2.24, 2.45) is 5.41 Å². The predicted molar refractivity (Wildman–Crippen MR) is 75.8 cm³/mol. The van der Waals surface area contributed by atoms with E-state index in [0.717, 1.165) is 17.9 Å². The molecule has 2 aromatic rings. The van der Waals surface area contributed by atoms with Crippen LogP contribution < -0.4 is 0 Å². The third-order valence-corrected chi connectivity index (χ3v) is 4.52. The van der Waals surface area contributed by atoms with Crippen LogP contribution in [0.2, 0.25) is 0 Å². The molecule has 1 saturated carbocycles. The maximum atomic E-state index is 13.8. The van der Waals surface area contributed by atoms with Gasteiger partial charge in [-0.05, 0) is 30.4 Å². The lowest BCUT2D eigenvalue weighted by molar-refractivity contribution is 0.282. The summed E-state index contributed by atoms with van der Waals surface area (Å²) in [7, 11) is 0. The Morgan fingerprint density at radius 2 is 2.11 bits per heavy atom. The molecular formula is C15H18ClFN2. The van der Waals surface area contributed by atoms with Gasteiger partial charge in [-0.2, -0.15) is 0 Å². The number of nitrogens with zero attached hydrogens (tertiary/aromatic N) is 2. The van der Waals surface area contributed by atoms with Crippen molar-refractivity contribution in [3.63, 3.8) is 0 Å². The van der Waals surface area contributed by atoms with E-state index in [2.05, 4.69) is 16.5 Å². The van der Waals surface area contributed by atoms with E-state index in [9.17, 15) is 4.39 Å². The molecule has 1 aliphatic carbocycles. The Balaban J connectivity index is 2.08. The van der Waals surface area contributed by atoms with E-state index in [4.69, 9.17) is 11.6 Å². The molecule has 4 heteroatoms. The second kappa shape index (κ2) is 4.78. The molecule has 0 atom stereocenters. The molecule has 0 bridgehead atoms. The van der Waals surface area contributed by atoms with Crippen molar-refractivity contribution in [3.8, 4) is 0 Å². The van der Waals surface area contributed by atoms with Gasteiger partial charge in [0.25, 0.3) is 0 Å². The van der Waals surface area contributed by atoms with Crippen LogP contribution in [0.15, 0.2) is 18.2 Å². The molecule has 102 valence electrons. The third-order valence-electron chi connectivity index (χ3n) is 4.28. The molecule has 1 fully saturated rings. The summed E-state index contributed by atoms with van der Waals surface area (Å²) in [6, 6.07) is 5.12. The number of alkyl halides is 1. The van der Waals surface area contributed by atoms with Crippen LogP contribution in [-0.2, 0) is 12.4 Å². The first-order chi connectivity index (χ1) is 9.13. The van der Waals surface area contributed by atoms with Gasteiger partial charge in [-0.15, -0.1) is 11.6 Å². The molecule has 1 aromatic carbocycles. The van der Waals surface area contributed by atoms with Crippen molar-refractivity contribution in [1.82, 2.24) is 9.55 Å². The minimum Gasteiger partial charge on any atom is -0.326 e. The number of fused-ring (bicyclic) bond motifs is 1. The lowest BCUT2D eigenvalue weighted by atomic mass is 9.89. The zero-order chi connectivity index (χ0) is 13.5. The molecule has 1 aliphatic rings. The Morgan fingerprint density at radius 1 is 1.37 bits per heavy atom. The van der Waals surface area contributed by atoms with Crippen molar-refractivity contribution in [1.29, 1.82) is 0 Å². The van der Waals surface area contributed by atoms with Gasteiger partial charge in [0.05, 0.1) is 11.4 Å². The fourth-order valence-corrected chi connectivity index (χ4v) is 3.41. The number of para-hydroxylation sites is 1. The first kappa shape index (κ1) is 12.9. The van der Waals surface area contributed by atoms with Crippen molar-refractivity contribution in [2.45, 2.75) is 45.0 Å². The fourth-order valence-electron chi connectivity index (χ4n) is 3.21. The van der Waals surface area contributed by atoms with Gasteiger partial charge in [-0.25, -0.2) is 9.37 Å². The smallest absolute Gasteiger partial charge is 0.151 e. The Kier molecular flexibility index (Phi) is 3.25. The van der Waals surface area contributed by atoms with Crippen molar-refractivity contribution < 1.29 is 4.39 Å². The van der Waals surface area contributed by atoms with Gasteiger partial charge in [-0.1, -0.05) is 25.8 Å². The summed E-state index contributed by atoms with van der Waals surface area (Å²) >= 11 is 5.98. The van der Waals surface area contributed by atoms with Gasteiger partial charge >= 0.3 is 0 Å². The minimum atomic E-state index is -0.265. The highest BCUT2D eigenvalue weighted by atomic mass is 35.5. The number of benzene rings is 1. The summed E-state index contributed by atoms with van der Waals surface area (Å²) in [4.78, 5) is 4.36. The van der Waals surface area contributed by atoms with Gasteiger partial charge in [0.2, 0.25) is 0 Å². The largest absolute Gasteiger partial charge is 0.326 e. The summed E-state index contributed by atoms with van der Waals surface area (Å²) in [5.41, 5.74) is 1.60. The van der Waals surface area contributed by atoms with E-state index in [1.54, 1.807) is 6.07 Å². The summed E-state index contributed by atoms with van der Waals surface area (Å²) in [5.74, 6) is 0.832. The molecule has 0 spiro atoms. The summed E-state index contributed by atoms with van der Waals surface area (Å²) in [6.45, 7) is 3.19. The molecule has 0 radical (unpaired) electrons. The van der Waals surface area contributed by atoms with Crippen LogP contribution >= 0.6 is 11.6 Å². The fraction of sp³-hybridized carbons (Fsp3) is 0.533. The SMILES string of the molecule is CC1(Cn2c(CCl)nc3c(F)cccc32)CCCC1. The van der Waals surface area contributed by atoms with Crippen molar-refractivity contribution >= 4 is 22.6 Å². The zero-order valence-corrected chi connectivity index (χ0v) is 11.9. The monoisotopic (exact) mass is 280 g/mol. The average Bonchev–Trinajstić information content (AvgIpc) is 2.96. The van der Waals surface area contributed by atoms with E-state index in [1.807, 2.05) is 6.07 Å². The molecule has 1 heterocycles. The summed E-state index contributed by atoms with van der Waals surface area (Å²) < 4.78 is 15.9. The number of rotatable bonds is 3. The Bertz CT molecular complexity index is 599. The van der Waals surface area contributed by atoms with Crippen molar-refractivity contribution in [3.05, 3.63) is 29.8 Å². The lowest BCUT2D eigenvalue weighted by Gasteiger charge is -2.25. The number of aromatic nitrogens is 2. The standard InChI is InChI=1S/C15H18ClFN2/c1-15(7-2-3-8-15)10-19-12-6-4-5-11(17)14(12)18-13(19)9-16/h4-6H,2-3,7-10H2,1H3. The summed E-state index contributed by atoms with van der Waals surface area (Å²) in [5, 5.41) is 0. The maximum absolute atomic E-state index is 13.8. The van der Waals surface area contributed by atoms with E-state index < -0.39 is 0 Å². The molecule has 0 saturated heterocycles. The first-order valence-corrected chi connectivity index (χ1v) is 7.36. The normalized spacial score (nSPS) is 18.3. The molecule has 3 rings (SSSR count). The number of imidazole rings is 1. The third kappa shape index (κ3) is 2.25. The first-order valence-electron chi connectivity index (χ1n) is 6.83. The van der Waals surface area contributed by atoms with E-state index in [0.29, 0.717) is 16.8 Å². The van der Waals surface area contributed by atoms with Crippen LogP contribution in [0.1, 0.15) is 38.4 Å².